The van der Waals surface area contributed by atoms with E-state index in [-0.39, 0.29) is 0 Å². The van der Waals surface area contributed by atoms with Gasteiger partial charge in [0.25, 0.3) is 0 Å². The molecule has 0 aliphatic carbocycles. The zero-order chi connectivity index (χ0) is 15.1. The predicted octanol–water partition coefficient (Wildman–Crippen LogP) is 2.62. The third kappa shape index (κ3) is 5.24. The van der Waals surface area contributed by atoms with E-state index in [4.69, 9.17) is 27.9 Å². The fourth-order valence-corrected chi connectivity index (χ4v) is 2.96. The minimum atomic E-state index is 0.356. The number of hydrogen-bond donors (Lipinski definition) is 1. The quantitative estimate of drug-likeness (QED) is 0.616. The Hall–Kier alpha value is -0.650. The number of ether oxygens (including phenoxy) is 1. The molecule has 0 unspecified atom stereocenters. The molecule has 1 aromatic rings. The molecule has 0 aromatic heterocycles. The largest absolute Gasteiger partial charge is 0.379 e. The Labute approximate surface area is 135 Å². The van der Waals surface area contributed by atoms with E-state index < -0.39 is 0 Å². The molecular formula is C15H20Cl2N2O2. The molecule has 0 bridgehead atoms. The number of halogens is 2. The lowest BCUT2D eigenvalue weighted by Crippen LogP contribution is -2.37. The summed E-state index contributed by atoms with van der Waals surface area (Å²) in [5.41, 5.74) is 1.34. The minimum Gasteiger partial charge on any atom is -0.379 e. The summed E-state index contributed by atoms with van der Waals surface area (Å²) in [6.45, 7) is 6.45. The van der Waals surface area contributed by atoms with Crippen molar-refractivity contribution in [3.05, 3.63) is 33.3 Å². The van der Waals surface area contributed by atoms with E-state index in [1.807, 2.05) is 0 Å². The van der Waals surface area contributed by atoms with E-state index in [9.17, 15) is 4.79 Å². The van der Waals surface area contributed by atoms with Crippen molar-refractivity contribution in [1.29, 1.82) is 0 Å². The van der Waals surface area contributed by atoms with Gasteiger partial charge in [0.15, 0.2) is 6.29 Å². The van der Waals surface area contributed by atoms with Gasteiger partial charge in [-0.2, -0.15) is 0 Å². The van der Waals surface area contributed by atoms with Gasteiger partial charge in [0, 0.05) is 19.6 Å². The van der Waals surface area contributed by atoms with Gasteiger partial charge in [-0.3, -0.25) is 9.69 Å². The van der Waals surface area contributed by atoms with Gasteiger partial charge >= 0.3 is 0 Å². The third-order valence-electron chi connectivity index (χ3n) is 3.52. The van der Waals surface area contributed by atoms with Gasteiger partial charge < -0.3 is 10.1 Å². The first-order valence-corrected chi connectivity index (χ1v) is 7.90. The van der Waals surface area contributed by atoms with Crippen molar-refractivity contribution in [1.82, 2.24) is 10.2 Å². The van der Waals surface area contributed by atoms with Crippen LogP contribution < -0.4 is 5.32 Å². The Balaban J connectivity index is 1.70. The average molecular weight is 331 g/mol. The van der Waals surface area contributed by atoms with Crippen molar-refractivity contribution in [2.75, 3.05) is 39.4 Å². The van der Waals surface area contributed by atoms with Crippen molar-refractivity contribution in [3.8, 4) is 0 Å². The van der Waals surface area contributed by atoms with E-state index in [1.54, 1.807) is 12.1 Å². The van der Waals surface area contributed by atoms with Crippen molar-refractivity contribution in [3.63, 3.8) is 0 Å². The van der Waals surface area contributed by atoms with Gasteiger partial charge in [-0.1, -0.05) is 23.2 Å². The number of carbonyl (C=O) groups excluding carboxylic acids is 1. The molecule has 0 saturated carbocycles. The van der Waals surface area contributed by atoms with Crippen LogP contribution in [0, 0.1) is 0 Å². The molecule has 0 radical (unpaired) electrons. The van der Waals surface area contributed by atoms with Crippen LogP contribution in [0.15, 0.2) is 12.1 Å². The van der Waals surface area contributed by atoms with Crippen LogP contribution in [0.5, 0.6) is 0 Å². The number of nitrogens with one attached hydrogen (secondary N) is 1. The lowest BCUT2D eigenvalue weighted by Gasteiger charge is -2.26. The first kappa shape index (κ1) is 16.7. The molecule has 1 aliphatic heterocycles. The Bertz CT molecular complexity index is 454. The Morgan fingerprint density at radius 2 is 1.90 bits per heavy atom. The lowest BCUT2D eigenvalue weighted by molar-refractivity contribution is 0.0374. The molecule has 21 heavy (non-hydrogen) atoms. The van der Waals surface area contributed by atoms with Gasteiger partial charge in [0.1, 0.15) is 0 Å². The van der Waals surface area contributed by atoms with Gasteiger partial charge in [0.2, 0.25) is 0 Å². The molecule has 1 fully saturated rings. The topological polar surface area (TPSA) is 41.6 Å². The first-order chi connectivity index (χ1) is 10.2. The number of hydrogen-bond acceptors (Lipinski definition) is 4. The summed E-state index contributed by atoms with van der Waals surface area (Å²) in [5, 5.41) is 4.18. The van der Waals surface area contributed by atoms with Crippen LogP contribution in [0.3, 0.4) is 0 Å². The highest BCUT2D eigenvalue weighted by atomic mass is 35.5. The highest BCUT2D eigenvalue weighted by molar-refractivity contribution is 6.38. The highest BCUT2D eigenvalue weighted by Gasteiger charge is 2.09. The molecule has 0 spiro atoms. The van der Waals surface area contributed by atoms with Crippen LogP contribution in [0.2, 0.25) is 10.0 Å². The molecule has 1 saturated heterocycles. The van der Waals surface area contributed by atoms with Gasteiger partial charge in [-0.05, 0) is 37.2 Å². The average Bonchev–Trinajstić information content (AvgIpc) is 2.48. The maximum absolute atomic E-state index is 10.8. The normalized spacial score (nSPS) is 16.1. The molecule has 6 heteroatoms. The minimum absolute atomic E-state index is 0.356. The summed E-state index contributed by atoms with van der Waals surface area (Å²) in [6.07, 6.45) is 1.78. The summed E-state index contributed by atoms with van der Waals surface area (Å²) in [5.74, 6) is 0. The fourth-order valence-electron chi connectivity index (χ4n) is 2.34. The zero-order valence-corrected chi connectivity index (χ0v) is 13.4. The molecule has 1 aliphatic rings. The van der Waals surface area contributed by atoms with Gasteiger partial charge in [0.05, 0.1) is 28.8 Å². The Morgan fingerprint density at radius 3 is 2.52 bits per heavy atom. The second kappa shape index (κ2) is 8.71. The van der Waals surface area contributed by atoms with Crippen molar-refractivity contribution >= 4 is 29.5 Å². The maximum atomic E-state index is 10.8. The second-order valence-corrected chi connectivity index (χ2v) is 5.89. The number of morpholine rings is 1. The van der Waals surface area contributed by atoms with E-state index in [0.717, 1.165) is 51.4 Å². The summed E-state index contributed by atoms with van der Waals surface area (Å²) < 4.78 is 5.32. The van der Waals surface area contributed by atoms with Crippen LogP contribution in [0.25, 0.3) is 0 Å². The summed E-state index contributed by atoms with van der Waals surface area (Å²) >= 11 is 12.0. The van der Waals surface area contributed by atoms with E-state index in [1.165, 1.54) is 0 Å². The Morgan fingerprint density at radius 1 is 1.24 bits per heavy atom. The van der Waals surface area contributed by atoms with E-state index in [0.29, 0.717) is 28.4 Å². The molecular weight excluding hydrogens is 311 g/mol. The standard InChI is InChI=1S/C15H20Cl2N2O2/c16-14-8-12(9-15(17)13(14)11-20)10-18-2-1-3-19-4-6-21-7-5-19/h8-9,11,18H,1-7,10H2. The third-order valence-corrected chi connectivity index (χ3v) is 4.14. The number of rotatable bonds is 7. The van der Waals surface area contributed by atoms with E-state index >= 15 is 0 Å². The maximum Gasteiger partial charge on any atom is 0.153 e. The van der Waals surface area contributed by atoms with Gasteiger partial charge in [-0.25, -0.2) is 0 Å². The number of carbonyl (C=O) groups is 1. The first-order valence-electron chi connectivity index (χ1n) is 7.14. The molecule has 0 amide bonds. The predicted molar refractivity (Wildman–Crippen MR) is 85.4 cm³/mol. The highest BCUT2D eigenvalue weighted by Crippen LogP contribution is 2.24. The summed E-state index contributed by atoms with van der Waals surface area (Å²) in [6, 6.07) is 3.57. The molecule has 1 heterocycles. The van der Waals surface area contributed by atoms with E-state index in [2.05, 4.69) is 10.2 Å². The lowest BCUT2D eigenvalue weighted by atomic mass is 10.1. The number of nitrogens with zero attached hydrogens (tertiary/aromatic N) is 1. The molecule has 4 nitrogen and oxygen atoms in total. The Kier molecular flexibility index (Phi) is 6.93. The summed E-state index contributed by atoms with van der Waals surface area (Å²) in [4.78, 5) is 13.2. The van der Waals surface area contributed by atoms with Crippen molar-refractivity contribution in [2.45, 2.75) is 13.0 Å². The van der Waals surface area contributed by atoms with Crippen LogP contribution in [-0.4, -0.2) is 50.6 Å². The van der Waals surface area contributed by atoms with Gasteiger partial charge in [-0.15, -0.1) is 0 Å². The SMILES string of the molecule is O=Cc1c(Cl)cc(CNCCCN2CCOCC2)cc1Cl. The molecule has 1 N–H and O–H groups in total. The second-order valence-electron chi connectivity index (χ2n) is 5.08. The van der Waals surface area contributed by atoms with Crippen LogP contribution in [-0.2, 0) is 11.3 Å². The molecule has 116 valence electrons. The van der Waals surface area contributed by atoms with Crippen molar-refractivity contribution in [2.24, 2.45) is 0 Å². The summed E-state index contributed by atoms with van der Waals surface area (Å²) in [7, 11) is 0. The number of aldehydes is 1. The van der Waals surface area contributed by atoms with Crippen LogP contribution in [0.1, 0.15) is 22.3 Å². The molecule has 0 atom stereocenters. The van der Waals surface area contributed by atoms with Crippen LogP contribution in [0.4, 0.5) is 0 Å². The monoisotopic (exact) mass is 330 g/mol. The van der Waals surface area contributed by atoms with Crippen molar-refractivity contribution < 1.29 is 9.53 Å². The van der Waals surface area contributed by atoms with Crippen LogP contribution >= 0.6 is 23.2 Å². The smallest absolute Gasteiger partial charge is 0.153 e. The number of benzene rings is 1. The molecule has 1 aromatic carbocycles. The fraction of sp³-hybridized carbons (Fsp3) is 0.533. The zero-order valence-electron chi connectivity index (χ0n) is 11.9. The molecule has 2 rings (SSSR count).